The summed E-state index contributed by atoms with van der Waals surface area (Å²) in [7, 11) is 0. The summed E-state index contributed by atoms with van der Waals surface area (Å²) < 4.78 is 5.87. The zero-order valence-corrected chi connectivity index (χ0v) is 16.1. The minimum atomic E-state index is -0.525. The molecule has 25 heavy (non-hydrogen) atoms. The molecular formula is C21H26ClNO2. The van der Waals surface area contributed by atoms with Gasteiger partial charge in [0, 0.05) is 11.6 Å². The van der Waals surface area contributed by atoms with E-state index >= 15 is 0 Å². The van der Waals surface area contributed by atoms with E-state index in [9.17, 15) is 4.79 Å². The van der Waals surface area contributed by atoms with Crippen molar-refractivity contribution in [3.63, 3.8) is 0 Å². The van der Waals surface area contributed by atoms with Crippen molar-refractivity contribution in [2.75, 3.05) is 0 Å². The first-order chi connectivity index (χ1) is 11.8. The highest BCUT2D eigenvalue weighted by molar-refractivity contribution is 6.31. The number of carbonyl (C=O) groups excluding carboxylic acids is 1. The first-order valence-corrected chi connectivity index (χ1v) is 8.97. The van der Waals surface area contributed by atoms with Crippen LogP contribution in [0.15, 0.2) is 48.5 Å². The van der Waals surface area contributed by atoms with Gasteiger partial charge in [-0.25, -0.2) is 0 Å². The molecule has 2 aromatic carbocycles. The summed E-state index contributed by atoms with van der Waals surface area (Å²) in [6.45, 7) is 8.82. The molecule has 0 aliphatic rings. The van der Waals surface area contributed by atoms with E-state index in [1.807, 2.05) is 55.5 Å². The number of benzene rings is 2. The van der Waals surface area contributed by atoms with E-state index < -0.39 is 6.10 Å². The molecular weight excluding hydrogens is 334 g/mol. The summed E-state index contributed by atoms with van der Waals surface area (Å²) in [6, 6.07) is 15.4. The van der Waals surface area contributed by atoms with Gasteiger partial charge in [-0.2, -0.15) is 0 Å². The smallest absolute Gasteiger partial charge is 0.261 e. The van der Waals surface area contributed by atoms with Gasteiger partial charge in [-0.05, 0) is 41.2 Å². The monoisotopic (exact) mass is 359 g/mol. The molecule has 0 aliphatic carbocycles. The Morgan fingerprint density at radius 1 is 1.12 bits per heavy atom. The van der Waals surface area contributed by atoms with E-state index in [-0.39, 0.29) is 11.3 Å². The molecule has 0 saturated heterocycles. The van der Waals surface area contributed by atoms with Crippen molar-refractivity contribution in [2.45, 2.75) is 52.2 Å². The Morgan fingerprint density at radius 2 is 1.76 bits per heavy atom. The lowest BCUT2D eigenvalue weighted by atomic mass is 9.87. The average Bonchev–Trinajstić information content (AvgIpc) is 2.58. The molecule has 1 atom stereocenters. The van der Waals surface area contributed by atoms with Gasteiger partial charge in [-0.1, -0.05) is 69.6 Å². The van der Waals surface area contributed by atoms with Crippen molar-refractivity contribution < 1.29 is 9.53 Å². The fraction of sp³-hybridized carbons (Fsp3) is 0.381. The fourth-order valence-corrected chi connectivity index (χ4v) is 2.66. The van der Waals surface area contributed by atoms with Crippen molar-refractivity contribution in [3.8, 4) is 5.75 Å². The lowest BCUT2D eigenvalue weighted by Crippen LogP contribution is -2.37. The van der Waals surface area contributed by atoms with Gasteiger partial charge >= 0.3 is 0 Å². The molecule has 0 saturated carbocycles. The van der Waals surface area contributed by atoms with E-state index in [2.05, 4.69) is 26.1 Å². The van der Waals surface area contributed by atoms with Crippen molar-refractivity contribution in [2.24, 2.45) is 0 Å². The second-order valence-corrected chi connectivity index (χ2v) is 7.51. The molecule has 0 aromatic heterocycles. The van der Waals surface area contributed by atoms with Crippen LogP contribution in [0.3, 0.4) is 0 Å². The Hall–Kier alpha value is -2.00. The van der Waals surface area contributed by atoms with E-state index in [0.29, 0.717) is 23.7 Å². The molecule has 3 nitrogen and oxygen atoms in total. The maximum Gasteiger partial charge on any atom is 0.261 e. The number of ether oxygens (including phenoxy) is 1. The van der Waals surface area contributed by atoms with E-state index in [1.54, 1.807) is 0 Å². The highest BCUT2D eigenvalue weighted by Crippen LogP contribution is 2.25. The zero-order valence-electron chi connectivity index (χ0n) is 15.3. The number of hydrogen-bond donors (Lipinski definition) is 1. The highest BCUT2D eigenvalue weighted by Gasteiger charge is 2.19. The van der Waals surface area contributed by atoms with Crippen LogP contribution in [0, 0.1) is 0 Å². The number of amides is 1. The van der Waals surface area contributed by atoms with Crippen LogP contribution in [0.25, 0.3) is 0 Å². The molecule has 0 unspecified atom stereocenters. The Labute approximate surface area is 155 Å². The van der Waals surface area contributed by atoms with E-state index in [4.69, 9.17) is 16.3 Å². The molecule has 0 heterocycles. The summed E-state index contributed by atoms with van der Waals surface area (Å²) in [5.74, 6) is 0.565. The summed E-state index contributed by atoms with van der Waals surface area (Å²) in [4.78, 5) is 12.4. The van der Waals surface area contributed by atoms with Crippen molar-refractivity contribution >= 4 is 17.5 Å². The third-order valence-corrected chi connectivity index (χ3v) is 4.44. The molecule has 134 valence electrons. The molecule has 0 radical (unpaired) electrons. The van der Waals surface area contributed by atoms with Gasteiger partial charge in [0.05, 0.1) is 0 Å². The Kier molecular flexibility index (Phi) is 6.49. The number of rotatable bonds is 6. The molecule has 1 amide bonds. The van der Waals surface area contributed by atoms with Crippen molar-refractivity contribution in [3.05, 3.63) is 64.7 Å². The molecule has 0 aliphatic heterocycles. The van der Waals surface area contributed by atoms with E-state index in [1.165, 1.54) is 5.56 Å². The van der Waals surface area contributed by atoms with Gasteiger partial charge in [0.2, 0.25) is 0 Å². The summed E-state index contributed by atoms with van der Waals surface area (Å²) in [5, 5.41) is 3.55. The van der Waals surface area contributed by atoms with Crippen molar-refractivity contribution in [1.82, 2.24) is 5.32 Å². The first-order valence-electron chi connectivity index (χ1n) is 8.59. The topological polar surface area (TPSA) is 38.3 Å². The summed E-state index contributed by atoms with van der Waals surface area (Å²) in [5.41, 5.74) is 2.22. The highest BCUT2D eigenvalue weighted by atomic mass is 35.5. The van der Waals surface area contributed by atoms with Crippen LogP contribution >= 0.6 is 11.6 Å². The summed E-state index contributed by atoms with van der Waals surface area (Å²) in [6.07, 6.45) is 0.0676. The quantitative estimate of drug-likeness (QED) is 0.778. The van der Waals surface area contributed by atoms with E-state index in [0.717, 1.165) is 5.56 Å². The minimum absolute atomic E-state index is 0.0923. The third-order valence-electron chi connectivity index (χ3n) is 4.07. The maximum absolute atomic E-state index is 12.4. The lowest BCUT2D eigenvalue weighted by Gasteiger charge is -2.21. The fourth-order valence-electron chi connectivity index (χ4n) is 2.46. The van der Waals surface area contributed by atoms with Crippen LogP contribution in [0.1, 0.15) is 45.2 Å². The molecule has 1 N–H and O–H groups in total. The van der Waals surface area contributed by atoms with Crippen LogP contribution in [0.2, 0.25) is 5.02 Å². The standard InChI is InChI=1S/C21H26ClNO2/c1-5-19(20(24)23-14-15-8-6-7-9-18(15)22)25-17-12-10-16(11-13-17)21(2,3)4/h6-13,19H,5,14H2,1-4H3,(H,23,24)/t19-/m1/s1. The van der Waals surface area contributed by atoms with Crippen LogP contribution in [0.5, 0.6) is 5.75 Å². The van der Waals surface area contributed by atoms with Gasteiger partial charge in [-0.3, -0.25) is 4.79 Å². The van der Waals surface area contributed by atoms with Gasteiger partial charge < -0.3 is 10.1 Å². The van der Waals surface area contributed by atoms with Crippen molar-refractivity contribution in [1.29, 1.82) is 0 Å². The minimum Gasteiger partial charge on any atom is -0.481 e. The number of nitrogens with one attached hydrogen (secondary N) is 1. The predicted molar refractivity (Wildman–Crippen MR) is 103 cm³/mol. The Morgan fingerprint density at radius 3 is 2.32 bits per heavy atom. The average molecular weight is 360 g/mol. The molecule has 2 aromatic rings. The van der Waals surface area contributed by atoms with Crippen LogP contribution in [-0.4, -0.2) is 12.0 Å². The summed E-state index contributed by atoms with van der Waals surface area (Å²) >= 11 is 6.12. The second-order valence-electron chi connectivity index (χ2n) is 7.10. The van der Waals surface area contributed by atoms with Gasteiger partial charge in [0.25, 0.3) is 5.91 Å². The lowest BCUT2D eigenvalue weighted by molar-refractivity contribution is -0.128. The second kappa shape index (κ2) is 8.39. The predicted octanol–water partition coefficient (Wildman–Crippen LogP) is 5.11. The first kappa shape index (κ1) is 19.3. The Balaban J connectivity index is 1.97. The molecule has 0 fully saturated rings. The molecule has 0 bridgehead atoms. The third kappa shape index (κ3) is 5.50. The molecule has 4 heteroatoms. The number of hydrogen-bond acceptors (Lipinski definition) is 2. The van der Waals surface area contributed by atoms with Crippen LogP contribution in [0.4, 0.5) is 0 Å². The number of halogens is 1. The number of carbonyl (C=O) groups is 1. The van der Waals surface area contributed by atoms with Gasteiger partial charge in [-0.15, -0.1) is 0 Å². The van der Waals surface area contributed by atoms with Crippen LogP contribution in [-0.2, 0) is 16.8 Å². The molecule has 0 spiro atoms. The normalized spacial score (nSPS) is 12.5. The Bertz CT molecular complexity index is 705. The van der Waals surface area contributed by atoms with Crippen LogP contribution < -0.4 is 10.1 Å². The SMILES string of the molecule is CC[C@@H](Oc1ccc(C(C)(C)C)cc1)C(=O)NCc1ccccc1Cl. The zero-order chi connectivity index (χ0) is 18.4. The van der Waals surface area contributed by atoms with Gasteiger partial charge in [0.1, 0.15) is 5.75 Å². The maximum atomic E-state index is 12.4. The van der Waals surface area contributed by atoms with Gasteiger partial charge in [0.15, 0.2) is 6.10 Å². The molecule has 2 rings (SSSR count). The largest absolute Gasteiger partial charge is 0.481 e.